The summed E-state index contributed by atoms with van der Waals surface area (Å²) in [4.78, 5) is 20.6. The second kappa shape index (κ2) is 2.26. The van der Waals surface area contributed by atoms with Crippen molar-refractivity contribution in [1.29, 1.82) is 0 Å². The van der Waals surface area contributed by atoms with Crippen molar-refractivity contribution in [1.82, 2.24) is 5.32 Å². The fraction of sp³-hybridized carbons (Fsp3) is 0.600. The van der Waals surface area contributed by atoms with Gasteiger partial charge < -0.3 is 15.5 Å². The fourth-order valence-corrected chi connectivity index (χ4v) is 0.820. The van der Waals surface area contributed by atoms with Gasteiger partial charge in [0.1, 0.15) is 12.1 Å². The number of rotatable bonds is 1. The van der Waals surface area contributed by atoms with Crippen molar-refractivity contribution in [3.05, 3.63) is 0 Å². The van der Waals surface area contributed by atoms with Gasteiger partial charge in [0, 0.05) is 6.42 Å². The summed E-state index contributed by atoms with van der Waals surface area (Å²) >= 11 is 0. The van der Waals surface area contributed by atoms with Crippen LogP contribution >= 0.6 is 0 Å². The van der Waals surface area contributed by atoms with E-state index in [0.29, 0.717) is 0 Å². The van der Waals surface area contributed by atoms with Crippen molar-refractivity contribution in [2.75, 3.05) is 0 Å². The minimum absolute atomic E-state index is 0.0336. The first-order valence-corrected chi connectivity index (χ1v) is 2.82. The third-order valence-electron chi connectivity index (χ3n) is 1.38. The molecular formula is C5H7NO4. The molecule has 0 aromatic carbocycles. The second-order valence-electron chi connectivity index (χ2n) is 2.15. The summed E-state index contributed by atoms with van der Waals surface area (Å²) in [5, 5.41) is 19.2. The number of nitrogens with one attached hydrogen (secondary N) is 1. The van der Waals surface area contributed by atoms with E-state index in [1.807, 2.05) is 0 Å². The maximum absolute atomic E-state index is 10.5. The number of carbonyl (C=O) groups is 2. The standard InChI is InChI=1S/C5H7NO4/c7-3-1-2(5(9)10)6-4(3)8/h2-3,7H,1H2,(H,6,8)(H,9,10)/t2-,3-/m0/s1. The lowest BCUT2D eigenvalue weighted by Crippen LogP contribution is -2.33. The van der Waals surface area contributed by atoms with Gasteiger partial charge in [0.2, 0.25) is 5.91 Å². The highest BCUT2D eigenvalue weighted by Gasteiger charge is 2.34. The number of carboxylic acids is 1. The number of carboxylic acid groups (broad SMARTS) is 1. The predicted octanol–water partition coefficient (Wildman–Crippen LogP) is -1.68. The first-order valence-electron chi connectivity index (χ1n) is 2.82. The molecule has 3 N–H and O–H groups in total. The topological polar surface area (TPSA) is 86.6 Å². The Balaban J connectivity index is 2.57. The molecule has 1 saturated heterocycles. The molecule has 0 bridgehead atoms. The number of aliphatic hydroxyl groups is 1. The highest BCUT2D eigenvalue weighted by Crippen LogP contribution is 2.06. The molecule has 1 aliphatic rings. The molecular weight excluding hydrogens is 138 g/mol. The van der Waals surface area contributed by atoms with E-state index < -0.39 is 24.0 Å². The Morgan fingerprint density at radius 3 is 2.50 bits per heavy atom. The Kier molecular flexibility index (Phi) is 1.58. The van der Waals surface area contributed by atoms with Gasteiger partial charge >= 0.3 is 5.97 Å². The van der Waals surface area contributed by atoms with Crippen LogP contribution in [0.1, 0.15) is 6.42 Å². The van der Waals surface area contributed by atoms with E-state index in [4.69, 9.17) is 10.2 Å². The number of aliphatic hydroxyl groups excluding tert-OH is 1. The Hall–Kier alpha value is -1.10. The Labute approximate surface area is 56.7 Å². The highest BCUT2D eigenvalue weighted by atomic mass is 16.4. The van der Waals surface area contributed by atoms with Gasteiger partial charge in [0.05, 0.1) is 0 Å². The van der Waals surface area contributed by atoms with E-state index in [9.17, 15) is 9.59 Å². The van der Waals surface area contributed by atoms with Crippen LogP contribution in [-0.2, 0) is 9.59 Å². The zero-order valence-corrected chi connectivity index (χ0v) is 5.07. The third kappa shape index (κ3) is 1.08. The summed E-state index contributed by atoms with van der Waals surface area (Å²) in [6, 6.07) is -0.914. The Morgan fingerprint density at radius 2 is 2.30 bits per heavy atom. The van der Waals surface area contributed by atoms with Crippen LogP contribution in [0.4, 0.5) is 0 Å². The lowest BCUT2D eigenvalue weighted by atomic mass is 10.2. The zero-order chi connectivity index (χ0) is 7.72. The Bertz CT molecular complexity index is 178. The molecule has 0 saturated carbocycles. The number of hydrogen-bond donors (Lipinski definition) is 3. The highest BCUT2D eigenvalue weighted by molar-refractivity contribution is 5.90. The summed E-state index contributed by atoms with van der Waals surface area (Å²) in [5.41, 5.74) is 0. The van der Waals surface area contributed by atoms with Crippen LogP contribution in [-0.4, -0.2) is 34.2 Å². The second-order valence-corrected chi connectivity index (χ2v) is 2.15. The molecule has 0 aromatic rings. The average molecular weight is 145 g/mol. The van der Waals surface area contributed by atoms with Gasteiger partial charge in [-0.15, -0.1) is 0 Å². The van der Waals surface area contributed by atoms with Gasteiger partial charge in [0.15, 0.2) is 0 Å². The summed E-state index contributed by atoms with van der Waals surface area (Å²) in [6.07, 6.45) is -1.19. The number of aliphatic carboxylic acids is 1. The van der Waals surface area contributed by atoms with Crippen molar-refractivity contribution in [2.45, 2.75) is 18.6 Å². The lowest BCUT2D eigenvalue weighted by molar-refractivity contribution is -0.140. The third-order valence-corrected chi connectivity index (χ3v) is 1.38. The van der Waals surface area contributed by atoms with Crippen LogP contribution in [0.3, 0.4) is 0 Å². The normalized spacial score (nSPS) is 31.9. The predicted molar refractivity (Wildman–Crippen MR) is 30.2 cm³/mol. The summed E-state index contributed by atoms with van der Waals surface area (Å²) in [6.45, 7) is 0. The van der Waals surface area contributed by atoms with Gasteiger partial charge in [0.25, 0.3) is 0 Å². The largest absolute Gasteiger partial charge is 0.480 e. The molecule has 56 valence electrons. The molecule has 10 heavy (non-hydrogen) atoms. The maximum atomic E-state index is 10.5. The maximum Gasteiger partial charge on any atom is 0.326 e. The molecule has 0 unspecified atom stereocenters. The number of hydrogen-bond acceptors (Lipinski definition) is 3. The molecule has 1 heterocycles. The van der Waals surface area contributed by atoms with Crippen LogP contribution in [0.25, 0.3) is 0 Å². The van der Waals surface area contributed by atoms with E-state index in [-0.39, 0.29) is 6.42 Å². The van der Waals surface area contributed by atoms with Gasteiger partial charge in [-0.05, 0) is 0 Å². The number of amides is 1. The molecule has 0 aromatic heterocycles. The molecule has 2 atom stereocenters. The van der Waals surface area contributed by atoms with Gasteiger partial charge in [-0.1, -0.05) is 0 Å². The number of carbonyl (C=O) groups excluding carboxylic acids is 1. The van der Waals surface area contributed by atoms with Crippen LogP contribution in [0.5, 0.6) is 0 Å². The van der Waals surface area contributed by atoms with Crippen molar-refractivity contribution >= 4 is 11.9 Å². The van der Waals surface area contributed by atoms with Crippen molar-refractivity contribution in [3.8, 4) is 0 Å². The first kappa shape index (κ1) is 7.01. The molecule has 0 spiro atoms. The van der Waals surface area contributed by atoms with E-state index >= 15 is 0 Å². The van der Waals surface area contributed by atoms with E-state index in [1.165, 1.54) is 0 Å². The minimum atomic E-state index is -1.15. The zero-order valence-electron chi connectivity index (χ0n) is 5.07. The van der Waals surface area contributed by atoms with Crippen molar-refractivity contribution in [3.63, 3.8) is 0 Å². The van der Waals surface area contributed by atoms with Crippen LogP contribution in [0, 0.1) is 0 Å². The fourth-order valence-electron chi connectivity index (χ4n) is 0.820. The van der Waals surface area contributed by atoms with E-state index in [2.05, 4.69) is 5.32 Å². The SMILES string of the molecule is O=C(O)[C@@H]1C[C@H](O)C(=O)N1. The first-order chi connectivity index (χ1) is 4.61. The molecule has 1 aliphatic heterocycles. The Morgan fingerprint density at radius 1 is 1.70 bits per heavy atom. The van der Waals surface area contributed by atoms with Gasteiger partial charge in [-0.25, -0.2) is 4.79 Å². The smallest absolute Gasteiger partial charge is 0.326 e. The van der Waals surface area contributed by atoms with Gasteiger partial charge in [-0.2, -0.15) is 0 Å². The lowest BCUT2D eigenvalue weighted by Gasteiger charge is -1.99. The molecule has 0 aliphatic carbocycles. The quantitative estimate of drug-likeness (QED) is 0.411. The van der Waals surface area contributed by atoms with Crippen LogP contribution in [0.2, 0.25) is 0 Å². The molecule has 1 fully saturated rings. The summed E-state index contributed by atoms with van der Waals surface area (Å²) < 4.78 is 0. The van der Waals surface area contributed by atoms with E-state index in [1.54, 1.807) is 0 Å². The van der Waals surface area contributed by atoms with Gasteiger partial charge in [-0.3, -0.25) is 4.79 Å². The monoisotopic (exact) mass is 145 g/mol. The molecule has 1 rings (SSSR count). The molecule has 5 nitrogen and oxygen atoms in total. The summed E-state index contributed by atoms with van der Waals surface area (Å²) in [5.74, 6) is -1.71. The minimum Gasteiger partial charge on any atom is -0.480 e. The van der Waals surface area contributed by atoms with Crippen LogP contribution in [0.15, 0.2) is 0 Å². The van der Waals surface area contributed by atoms with Crippen molar-refractivity contribution in [2.24, 2.45) is 0 Å². The van der Waals surface area contributed by atoms with Crippen molar-refractivity contribution < 1.29 is 19.8 Å². The molecule has 5 heteroatoms. The molecule has 1 amide bonds. The summed E-state index contributed by atoms with van der Waals surface area (Å²) in [7, 11) is 0. The average Bonchev–Trinajstić information content (AvgIpc) is 2.13. The molecule has 0 radical (unpaired) electrons. The van der Waals surface area contributed by atoms with Crippen LogP contribution < -0.4 is 5.32 Å². The van der Waals surface area contributed by atoms with E-state index in [0.717, 1.165) is 0 Å².